The maximum atomic E-state index is 11.4. The summed E-state index contributed by atoms with van der Waals surface area (Å²) in [5.74, 6) is 0.291. The van der Waals surface area contributed by atoms with Gasteiger partial charge in [0.1, 0.15) is 21.8 Å². The molecule has 1 N–H and O–H groups in total. The Morgan fingerprint density at radius 3 is 3.13 bits per heavy atom. The molecule has 0 spiro atoms. The van der Waals surface area contributed by atoms with Crippen molar-refractivity contribution in [3.63, 3.8) is 0 Å². The lowest BCUT2D eigenvalue weighted by molar-refractivity contribution is 0.0958. The van der Waals surface area contributed by atoms with Crippen LogP contribution in [0.3, 0.4) is 0 Å². The third kappa shape index (κ3) is 1.63. The highest BCUT2D eigenvalue weighted by molar-refractivity contribution is 7.15. The number of hydrogen-bond donors (Lipinski definition) is 1. The summed E-state index contributed by atoms with van der Waals surface area (Å²) in [6.07, 6.45) is 0. The zero-order valence-corrected chi connectivity index (χ0v) is 9.01. The molecular weight excluding hydrogens is 214 g/mol. The molecule has 2 aromatic heterocycles. The molecule has 0 bridgehead atoms. The number of amides is 1. The molecule has 0 aliphatic rings. The molecule has 0 saturated heterocycles. The molecule has 6 heteroatoms. The van der Waals surface area contributed by atoms with E-state index in [4.69, 9.17) is 4.74 Å². The smallest absolute Gasteiger partial charge is 0.269 e. The van der Waals surface area contributed by atoms with Crippen molar-refractivity contribution in [1.82, 2.24) is 15.3 Å². The van der Waals surface area contributed by atoms with E-state index in [0.29, 0.717) is 21.8 Å². The van der Waals surface area contributed by atoms with E-state index in [0.717, 1.165) is 0 Å². The lowest BCUT2D eigenvalue weighted by atomic mass is 10.3. The molecule has 0 atom stereocenters. The quantitative estimate of drug-likeness (QED) is 0.818. The second kappa shape index (κ2) is 3.82. The second-order valence-electron chi connectivity index (χ2n) is 2.75. The number of thiazole rings is 1. The van der Waals surface area contributed by atoms with Gasteiger partial charge in [0.15, 0.2) is 5.51 Å². The molecule has 2 rings (SSSR count). The predicted molar refractivity (Wildman–Crippen MR) is 56.2 cm³/mol. The number of rotatable bonds is 2. The van der Waals surface area contributed by atoms with E-state index < -0.39 is 0 Å². The fourth-order valence-electron chi connectivity index (χ4n) is 1.18. The number of hydrogen-bond acceptors (Lipinski definition) is 5. The van der Waals surface area contributed by atoms with Crippen LogP contribution in [0.15, 0.2) is 6.07 Å². The Bertz CT molecular complexity index is 509. The van der Waals surface area contributed by atoms with Crippen LogP contribution in [0.5, 0.6) is 5.75 Å². The lowest BCUT2D eigenvalue weighted by Gasteiger charge is -2.03. The maximum Gasteiger partial charge on any atom is 0.269 e. The van der Waals surface area contributed by atoms with Crippen LogP contribution in [0.2, 0.25) is 0 Å². The van der Waals surface area contributed by atoms with Crippen molar-refractivity contribution in [2.75, 3.05) is 14.2 Å². The van der Waals surface area contributed by atoms with Crippen LogP contribution in [-0.2, 0) is 0 Å². The highest BCUT2D eigenvalue weighted by Crippen LogP contribution is 2.25. The Labute approximate surface area is 90.1 Å². The number of methoxy groups -OCH3 is 1. The molecule has 0 saturated carbocycles. The largest absolute Gasteiger partial charge is 0.494 e. The average molecular weight is 222 g/mol. The van der Waals surface area contributed by atoms with Crippen molar-refractivity contribution in [3.8, 4) is 5.75 Å². The summed E-state index contributed by atoms with van der Waals surface area (Å²) in [5, 5.41) is 2.51. The number of aromatic nitrogens is 2. The molecule has 0 aromatic carbocycles. The number of carbonyl (C=O) groups excluding carboxylic acids is 1. The Balaban J connectivity index is 2.63. The van der Waals surface area contributed by atoms with E-state index in [1.165, 1.54) is 18.4 Å². The summed E-state index contributed by atoms with van der Waals surface area (Å²) in [5.41, 5.74) is 3.67. The monoisotopic (exact) mass is 222 g/mol. The third-order valence-electron chi connectivity index (χ3n) is 1.91. The van der Waals surface area contributed by atoms with Gasteiger partial charge in [0.05, 0.1) is 7.11 Å². The molecule has 0 fully saturated rings. The van der Waals surface area contributed by atoms with Gasteiger partial charge >= 0.3 is 0 Å². The van der Waals surface area contributed by atoms with Crippen LogP contribution in [0.1, 0.15) is 10.5 Å². The van der Waals surface area contributed by atoms with E-state index in [2.05, 4.69) is 20.8 Å². The molecule has 15 heavy (non-hydrogen) atoms. The van der Waals surface area contributed by atoms with Crippen molar-refractivity contribution in [3.05, 3.63) is 17.3 Å². The molecule has 1 radical (unpaired) electrons. The fourth-order valence-corrected chi connectivity index (χ4v) is 1.79. The van der Waals surface area contributed by atoms with Crippen LogP contribution >= 0.6 is 11.3 Å². The van der Waals surface area contributed by atoms with E-state index in [9.17, 15) is 4.79 Å². The number of ether oxygens (including phenoxy) is 1. The second-order valence-corrected chi connectivity index (χ2v) is 3.52. The van der Waals surface area contributed by atoms with Crippen molar-refractivity contribution >= 4 is 27.6 Å². The first-order valence-corrected chi connectivity index (χ1v) is 5.01. The van der Waals surface area contributed by atoms with Gasteiger partial charge in [-0.2, -0.15) is 0 Å². The SMILES string of the molecule is CNC(=O)c1cc(OC)c2n[c]sc2n1. The molecule has 0 aliphatic heterocycles. The zero-order valence-electron chi connectivity index (χ0n) is 8.20. The van der Waals surface area contributed by atoms with Gasteiger partial charge in [-0.15, -0.1) is 0 Å². The van der Waals surface area contributed by atoms with E-state index >= 15 is 0 Å². The van der Waals surface area contributed by atoms with E-state index in [1.807, 2.05) is 0 Å². The van der Waals surface area contributed by atoms with Gasteiger partial charge < -0.3 is 10.1 Å². The summed E-state index contributed by atoms with van der Waals surface area (Å²) in [6, 6.07) is 1.56. The fraction of sp³-hybridized carbons (Fsp3) is 0.222. The highest BCUT2D eigenvalue weighted by atomic mass is 32.1. The first-order chi connectivity index (χ1) is 7.26. The van der Waals surface area contributed by atoms with Crippen LogP contribution in [0.25, 0.3) is 10.3 Å². The van der Waals surface area contributed by atoms with Gasteiger partial charge in [-0.1, -0.05) is 11.3 Å². The topological polar surface area (TPSA) is 64.1 Å². The number of fused-ring (bicyclic) bond motifs is 1. The zero-order chi connectivity index (χ0) is 10.8. The summed E-state index contributed by atoms with van der Waals surface area (Å²) in [4.78, 5) is 20.2. The van der Waals surface area contributed by atoms with Crippen LogP contribution in [-0.4, -0.2) is 30.0 Å². The van der Waals surface area contributed by atoms with Gasteiger partial charge in [0.2, 0.25) is 0 Å². The van der Waals surface area contributed by atoms with Gasteiger partial charge in [0.25, 0.3) is 5.91 Å². The molecule has 0 aliphatic carbocycles. The van der Waals surface area contributed by atoms with Crippen LogP contribution < -0.4 is 10.1 Å². The molecule has 2 aromatic rings. The van der Waals surface area contributed by atoms with Crippen molar-refractivity contribution in [2.45, 2.75) is 0 Å². The molecular formula is C9H8N3O2S. The lowest BCUT2D eigenvalue weighted by Crippen LogP contribution is -2.19. The summed E-state index contributed by atoms with van der Waals surface area (Å²) in [7, 11) is 3.08. The van der Waals surface area contributed by atoms with Gasteiger partial charge in [-0.3, -0.25) is 4.79 Å². The first kappa shape index (κ1) is 9.85. The Morgan fingerprint density at radius 1 is 1.67 bits per heavy atom. The minimum absolute atomic E-state index is 0.247. The molecule has 1 amide bonds. The normalized spacial score (nSPS) is 10.3. The summed E-state index contributed by atoms with van der Waals surface area (Å²) >= 11 is 1.25. The number of nitrogens with zero attached hydrogens (tertiary/aromatic N) is 2. The predicted octanol–water partition coefficient (Wildman–Crippen LogP) is 0.860. The van der Waals surface area contributed by atoms with Crippen LogP contribution in [0, 0.1) is 5.51 Å². The minimum Gasteiger partial charge on any atom is -0.494 e. The first-order valence-electron chi connectivity index (χ1n) is 4.20. The van der Waals surface area contributed by atoms with Gasteiger partial charge in [-0.25, -0.2) is 9.97 Å². The Morgan fingerprint density at radius 2 is 2.47 bits per heavy atom. The summed E-state index contributed by atoms with van der Waals surface area (Å²) in [6.45, 7) is 0. The number of nitrogens with one attached hydrogen (secondary N) is 1. The van der Waals surface area contributed by atoms with Gasteiger partial charge in [0, 0.05) is 13.1 Å². The number of carbonyl (C=O) groups is 1. The average Bonchev–Trinajstić information content (AvgIpc) is 2.74. The number of pyridine rings is 1. The third-order valence-corrected chi connectivity index (χ3v) is 2.57. The molecule has 2 heterocycles. The van der Waals surface area contributed by atoms with E-state index in [-0.39, 0.29) is 5.91 Å². The minimum atomic E-state index is -0.247. The standard InChI is InChI=1S/C9H8N3O2S/c1-10-8(13)5-3-6(14-2)7-9(12-5)15-4-11-7/h3H,1-2H3,(H,10,13). The molecule has 0 unspecified atom stereocenters. The van der Waals surface area contributed by atoms with Crippen LogP contribution in [0.4, 0.5) is 0 Å². The molecule has 77 valence electrons. The van der Waals surface area contributed by atoms with Crippen molar-refractivity contribution in [1.29, 1.82) is 0 Å². The van der Waals surface area contributed by atoms with Crippen molar-refractivity contribution in [2.24, 2.45) is 0 Å². The molecule has 5 nitrogen and oxygen atoms in total. The van der Waals surface area contributed by atoms with Crippen molar-refractivity contribution < 1.29 is 9.53 Å². The maximum absolute atomic E-state index is 11.4. The highest BCUT2D eigenvalue weighted by Gasteiger charge is 2.12. The van der Waals surface area contributed by atoms with Gasteiger partial charge in [-0.05, 0) is 0 Å². The Kier molecular flexibility index (Phi) is 2.51. The van der Waals surface area contributed by atoms with E-state index in [1.54, 1.807) is 13.1 Å². The summed E-state index contributed by atoms with van der Waals surface area (Å²) < 4.78 is 5.13. The Hall–Kier alpha value is -1.69.